The highest BCUT2D eigenvalue weighted by atomic mass is 19.1. The Balaban J connectivity index is 2.15. The molecule has 0 saturated carbocycles. The Labute approximate surface area is 103 Å². The molecular weight excluding hydrogens is 215 g/mol. The lowest BCUT2D eigenvalue weighted by atomic mass is 9.80. The number of halogens is 1. The predicted molar refractivity (Wildman–Crippen MR) is 70.6 cm³/mol. The first-order valence-electron chi connectivity index (χ1n) is 6.18. The van der Waals surface area contributed by atoms with Gasteiger partial charge in [-0.25, -0.2) is 4.39 Å². The van der Waals surface area contributed by atoms with E-state index in [1.54, 1.807) is 12.1 Å². The third-order valence-electron chi connectivity index (χ3n) is 3.73. The van der Waals surface area contributed by atoms with E-state index in [0.29, 0.717) is 22.7 Å². The number of nitrogens with zero attached hydrogens (tertiary/aromatic N) is 1. The summed E-state index contributed by atoms with van der Waals surface area (Å²) in [5, 5.41) is 0. The number of nitrogen functional groups attached to an aromatic ring is 1. The SMILES string of the molecule is CC(C)(C)C1CCN(c2ccc(N)cc2F)C1. The molecular formula is C14H21FN2. The lowest BCUT2D eigenvalue weighted by Crippen LogP contribution is -2.26. The maximum absolute atomic E-state index is 13.8. The molecule has 17 heavy (non-hydrogen) atoms. The summed E-state index contributed by atoms with van der Waals surface area (Å²) >= 11 is 0. The van der Waals surface area contributed by atoms with Crippen molar-refractivity contribution in [1.29, 1.82) is 0 Å². The number of hydrogen-bond acceptors (Lipinski definition) is 2. The molecule has 1 fully saturated rings. The van der Waals surface area contributed by atoms with E-state index in [4.69, 9.17) is 5.73 Å². The van der Waals surface area contributed by atoms with Crippen LogP contribution in [0.5, 0.6) is 0 Å². The second-order valence-corrected chi connectivity index (χ2v) is 6.01. The van der Waals surface area contributed by atoms with E-state index in [9.17, 15) is 4.39 Å². The van der Waals surface area contributed by atoms with Gasteiger partial charge >= 0.3 is 0 Å². The third kappa shape index (κ3) is 2.54. The Morgan fingerprint density at radius 1 is 1.35 bits per heavy atom. The van der Waals surface area contributed by atoms with Gasteiger partial charge in [0.25, 0.3) is 0 Å². The number of benzene rings is 1. The second-order valence-electron chi connectivity index (χ2n) is 6.01. The van der Waals surface area contributed by atoms with Crippen LogP contribution in [0.3, 0.4) is 0 Å². The fourth-order valence-corrected chi connectivity index (χ4v) is 2.47. The number of rotatable bonds is 1. The molecule has 1 aromatic carbocycles. The Kier molecular flexibility index (Phi) is 3.02. The average molecular weight is 236 g/mol. The van der Waals surface area contributed by atoms with Crippen molar-refractivity contribution < 1.29 is 4.39 Å². The van der Waals surface area contributed by atoms with Gasteiger partial charge in [-0.05, 0) is 36.0 Å². The number of nitrogens with two attached hydrogens (primary N) is 1. The Hall–Kier alpha value is -1.25. The molecule has 0 amide bonds. The normalized spacial score (nSPS) is 20.9. The van der Waals surface area contributed by atoms with Crippen LogP contribution in [0, 0.1) is 17.2 Å². The molecule has 1 aliphatic rings. The number of anilines is 2. The Morgan fingerprint density at radius 3 is 2.59 bits per heavy atom. The minimum absolute atomic E-state index is 0.209. The molecule has 0 aliphatic carbocycles. The number of hydrogen-bond donors (Lipinski definition) is 1. The van der Waals surface area contributed by atoms with Crippen LogP contribution in [0.4, 0.5) is 15.8 Å². The molecule has 3 heteroatoms. The maximum Gasteiger partial charge on any atom is 0.148 e. The van der Waals surface area contributed by atoms with E-state index in [0.717, 1.165) is 19.5 Å². The molecule has 1 atom stereocenters. The monoisotopic (exact) mass is 236 g/mol. The molecule has 1 unspecified atom stereocenters. The van der Waals surface area contributed by atoms with Gasteiger partial charge in [0.1, 0.15) is 5.82 Å². The molecule has 0 aromatic heterocycles. The van der Waals surface area contributed by atoms with Crippen molar-refractivity contribution >= 4 is 11.4 Å². The van der Waals surface area contributed by atoms with E-state index in [-0.39, 0.29) is 5.82 Å². The molecule has 94 valence electrons. The van der Waals surface area contributed by atoms with Gasteiger partial charge in [0.05, 0.1) is 5.69 Å². The minimum atomic E-state index is -0.209. The predicted octanol–water partition coefficient (Wildman–Crippen LogP) is 3.28. The summed E-state index contributed by atoms with van der Waals surface area (Å²) in [4.78, 5) is 2.13. The van der Waals surface area contributed by atoms with Crippen molar-refractivity contribution in [3.8, 4) is 0 Å². The summed E-state index contributed by atoms with van der Waals surface area (Å²) in [5.41, 5.74) is 7.03. The smallest absolute Gasteiger partial charge is 0.148 e. The van der Waals surface area contributed by atoms with Crippen LogP contribution >= 0.6 is 0 Å². The topological polar surface area (TPSA) is 29.3 Å². The highest BCUT2D eigenvalue weighted by Crippen LogP contribution is 2.36. The Bertz CT molecular complexity index is 409. The molecule has 0 radical (unpaired) electrons. The molecule has 1 heterocycles. The second kappa shape index (κ2) is 4.21. The van der Waals surface area contributed by atoms with Crippen LogP contribution in [0.1, 0.15) is 27.2 Å². The highest BCUT2D eigenvalue weighted by Gasteiger charge is 2.32. The molecule has 1 saturated heterocycles. The molecule has 2 N–H and O–H groups in total. The van der Waals surface area contributed by atoms with Crippen LogP contribution in [-0.4, -0.2) is 13.1 Å². The van der Waals surface area contributed by atoms with Crippen LogP contribution in [0.25, 0.3) is 0 Å². The van der Waals surface area contributed by atoms with Crippen LogP contribution in [-0.2, 0) is 0 Å². The lowest BCUT2D eigenvalue weighted by Gasteiger charge is -2.27. The zero-order valence-electron chi connectivity index (χ0n) is 10.8. The van der Waals surface area contributed by atoms with E-state index in [1.807, 2.05) is 0 Å². The van der Waals surface area contributed by atoms with Crippen molar-refractivity contribution in [3.05, 3.63) is 24.0 Å². The quantitative estimate of drug-likeness (QED) is 0.758. The van der Waals surface area contributed by atoms with Gasteiger partial charge in [-0.15, -0.1) is 0 Å². The average Bonchev–Trinajstić information content (AvgIpc) is 2.65. The highest BCUT2D eigenvalue weighted by molar-refractivity contribution is 5.55. The summed E-state index contributed by atoms with van der Waals surface area (Å²) in [5.74, 6) is 0.416. The van der Waals surface area contributed by atoms with Gasteiger partial charge in [0.15, 0.2) is 0 Å². The first kappa shape index (κ1) is 12.2. The van der Waals surface area contributed by atoms with Crippen LogP contribution in [0.2, 0.25) is 0 Å². The minimum Gasteiger partial charge on any atom is -0.399 e. The fourth-order valence-electron chi connectivity index (χ4n) is 2.47. The van der Waals surface area contributed by atoms with Crippen LogP contribution in [0.15, 0.2) is 18.2 Å². The van der Waals surface area contributed by atoms with Gasteiger partial charge in [0.2, 0.25) is 0 Å². The largest absolute Gasteiger partial charge is 0.399 e. The molecule has 2 nitrogen and oxygen atoms in total. The van der Waals surface area contributed by atoms with Gasteiger partial charge in [-0.1, -0.05) is 20.8 Å². The summed E-state index contributed by atoms with van der Waals surface area (Å²) in [6.07, 6.45) is 1.13. The fraction of sp³-hybridized carbons (Fsp3) is 0.571. The van der Waals surface area contributed by atoms with Gasteiger partial charge < -0.3 is 10.6 Å². The zero-order chi connectivity index (χ0) is 12.6. The zero-order valence-corrected chi connectivity index (χ0v) is 10.8. The molecule has 1 aliphatic heterocycles. The van der Waals surface area contributed by atoms with E-state index >= 15 is 0 Å². The van der Waals surface area contributed by atoms with Crippen molar-refractivity contribution in [2.24, 2.45) is 11.3 Å². The van der Waals surface area contributed by atoms with Gasteiger partial charge in [0, 0.05) is 18.8 Å². The van der Waals surface area contributed by atoms with Crippen LogP contribution < -0.4 is 10.6 Å². The first-order valence-corrected chi connectivity index (χ1v) is 6.18. The van der Waals surface area contributed by atoms with Crippen molar-refractivity contribution in [3.63, 3.8) is 0 Å². The molecule has 1 aromatic rings. The summed E-state index contributed by atoms with van der Waals surface area (Å²) in [6, 6.07) is 4.96. The van der Waals surface area contributed by atoms with Gasteiger partial charge in [-0.3, -0.25) is 0 Å². The van der Waals surface area contributed by atoms with Crippen molar-refractivity contribution in [2.75, 3.05) is 23.7 Å². The van der Waals surface area contributed by atoms with E-state index < -0.39 is 0 Å². The maximum atomic E-state index is 13.8. The molecule has 2 rings (SSSR count). The standard InChI is InChI=1S/C14H21FN2/c1-14(2,3)10-6-7-17(9-10)13-5-4-11(16)8-12(13)15/h4-5,8,10H,6-7,9,16H2,1-3H3. The summed E-state index contributed by atoms with van der Waals surface area (Å²) in [7, 11) is 0. The van der Waals surface area contributed by atoms with Crippen molar-refractivity contribution in [1.82, 2.24) is 0 Å². The van der Waals surface area contributed by atoms with E-state index in [1.165, 1.54) is 6.07 Å². The molecule has 0 bridgehead atoms. The molecule has 0 spiro atoms. The first-order chi connectivity index (χ1) is 7.88. The summed E-state index contributed by atoms with van der Waals surface area (Å²) < 4.78 is 13.8. The Morgan fingerprint density at radius 2 is 2.06 bits per heavy atom. The summed E-state index contributed by atoms with van der Waals surface area (Å²) in [6.45, 7) is 8.62. The van der Waals surface area contributed by atoms with Gasteiger partial charge in [-0.2, -0.15) is 0 Å². The van der Waals surface area contributed by atoms with Crippen molar-refractivity contribution in [2.45, 2.75) is 27.2 Å². The third-order valence-corrected chi connectivity index (χ3v) is 3.73. The lowest BCUT2D eigenvalue weighted by molar-refractivity contribution is 0.263. The van der Waals surface area contributed by atoms with E-state index in [2.05, 4.69) is 25.7 Å².